The van der Waals surface area contributed by atoms with E-state index in [1.165, 1.54) is 35.0 Å². The normalized spacial score (nSPS) is 11.6. The Morgan fingerprint density at radius 3 is 2.48 bits per heavy atom. The Balaban J connectivity index is 1.66. The number of thioether (sulfide) groups is 1. The smallest absolute Gasteiger partial charge is 0.446 e. The van der Waals surface area contributed by atoms with Gasteiger partial charge in [-0.25, -0.2) is 9.36 Å². The van der Waals surface area contributed by atoms with E-state index in [-0.39, 0.29) is 34.8 Å². The molecule has 0 saturated heterocycles. The molecular weight excluding hydrogens is 429 g/mol. The highest BCUT2D eigenvalue weighted by Gasteiger charge is 2.29. The summed E-state index contributed by atoms with van der Waals surface area (Å²) in [5.41, 5.74) is -2.47. The lowest BCUT2D eigenvalue weighted by Gasteiger charge is -2.09. The van der Waals surface area contributed by atoms with Crippen LogP contribution in [0.2, 0.25) is 0 Å². The van der Waals surface area contributed by atoms with Gasteiger partial charge < -0.3 is 5.11 Å². The van der Waals surface area contributed by atoms with E-state index in [0.717, 1.165) is 15.7 Å². The van der Waals surface area contributed by atoms with Crippen molar-refractivity contribution in [2.45, 2.75) is 16.9 Å². The second kappa shape index (κ2) is 8.31. The van der Waals surface area contributed by atoms with E-state index in [4.69, 9.17) is 0 Å². The number of aromatic nitrogens is 4. The third-order valence-corrected chi connectivity index (χ3v) is 5.20. The lowest BCUT2D eigenvalue weighted by atomic mass is 10.1. The third kappa shape index (κ3) is 4.64. The van der Waals surface area contributed by atoms with Gasteiger partial charge in [0.2, 0.25) is 5.88 Å². The van der Waals surface area contributed by atoms with Gasteiger partial charge in [0.25, 0.3) is 0 Å². The highest BCUT2D eigenvalue weighted by Crippen LogP contribution is 2.37. The fraction of sp³-hybridized carbons (Fsp3) is 0.0952. The van der Waals surface area contributed by atoms with Gasteiger partial charge in [0.15, 0.2) is 0 Å². The first-order chi connectivity index (χ1) is 14.8. The van der Waals surface area contributed by atoms with Crippen molar-refractivity contribution >= 4 is 11.8 Å². The van der Waals surface area contributed by atoms with Gasteiger partial charge in [-0.15, -0.1) is 0 Å². The summed E-state index contributed by atoms with van der Waals surface area (Å²) in [5, 5.41) is 10.3. The van der Waals surface area contributed by atoms with E-state index >= 15 is 0 Å². The van der Waals surface area contributed by atoms with Gasteiger partial charge in [0.05, 0.1) is 24.1 Å². The summed E-state index contributed by atoms with van der Waals surface area (Å²) in [4.78, 5) is 21.3. The number of aromatic hydroxyl groups is 1. The Hall–Kier alpha value is -3.53. The lowest BCUT2D eigenvalue weighted by molar-refractivity contribution is -0.0328. The largest absolute Gasteiger partial charge is 0.493 e. The number of hydrogen-bond donors (Lipinski definition) is 1. The molecule has 31 heavy (non-hydrogen) atoms. The summed E-state index contributed by atoms with van der Waals surface area (Å²) in [6, 6.07) is 12.4. The standard InChI is InChI=1S/C21H15F3N4O2S/c22-21(23,24)31-16-6-4-15(5-7-16)28-19(29)13-27(20(28)30)12-14-8-10-25-11-17(14)18-3-1-2-9-26-18/h1-11,13,29H,12H2. The molecule has 6 nitrogen and oxygen atoms in total. The first kappa shape index (κ1) is 20.7. The fourth-order valence-electron chi connectivity index (χ4n) is 3.13. The summed E-state index contributed by atoms with van der Waals surface area (Å²) >= 11 is -0.247. The average molecular weight is 444 g/mol. The van der Waals surface area contributed by atoms with Crippen LogP contribution in [-0.2, 0) is 6.54 Å². The van der Waals surface area contributed by atoms with E-state index < -0.39 is 11.2 Å². The molecule has 0 aliphatic rings. The Morgan fingerprint density at radius 2 is 1.81 bits per heavy atom. The van der Waals surface area contributed by atoms with Crippen LogP contribution in [0.15, 0.2) is 83.0 Å². The molecule has 10 heteroatoms. The minimum Gasteiger partial charge on any atom is -0.493 e. The maximum atomic E-state index is 12.9. The number of pyridine rings is 2. The Labute approximate surface area is 178 Å². The van der Waals surface area contributed by atoms with Crippen LogP contribution >= 0.6 is 11.8 Å². The molecule has 4 aromatic rings. The molecule has 3 heterocycles. The summed E-state index contributed by atoms with van der Waals surface area (Å²) < 4.78 is 39.9. The molecule has 0 unspecified atom stereocenters. The maximum Gasteiger partial charge on any atom is 0.446 e. The lowest BCUT2D eigenvalue weighted by Crippen LogP contribution is -2.23. The zero-order valence-corrected chi connectivity index (χ0v) is 16.6. The number of nitrogens with zero attached hydrogens (tertiary/aromatic N) is 4. The molecule has 0 amide bonds. The Kier molecular flexibility index (Phi) is 5.55. The monoisotopic (exact) mass is 444 g/mol. The molecule has 4 rings (SSSR count). The maximum absolute atomic E-state index is 12.9. The van der Waals surface area contributed by atoms with Gasteiger partial charge in [-0.2, -0.15) is 13.2 Å². The fourth-order valence-corrected chi connectivity index (χ4v) is 3.67. The summed E-state index contributed by atoms with van der Waals surface area (Å²) in [5.74, 6) is -0.324. The van der Waals surface area contributed by atoms with Crippen LogP contribution in [-0.4, -0.2) is 29.7 Å². The minimum atomic E-state index is -4.40. The highest BCUT2D eigenvalue weighted by molar-refractivity contribution is 8.00. The second-order valence-electron chi connectivity index (χ2n) is 6.52. The van der Waals surface area contributed by atoms with Crippen molar-refractivity contribution in [2.24, 2.45) is 0 Å². The van der Waals surface area contributed by atoms with Gasteiger partial charge in [0.1, 0.15) is 0 Å². The predicted molar refractivity (Wildman–Crippen MR) is 110 cm³/mol. The summed E-state index contributed by atoms with van der Waals surface area (Å²) in [6.45, 7) is 0.149. The zero-order chi connectivity index (χ0) is 22.0. The molecule has 0 radical (unpaired) electrons. The van der Waals surface area contributed by atoms with Gasteiger partial charge >= 0.3 is 11.2 Å². The first-order valence-electron chi connectivity index (χ1n) is 9.03. The molecule has 0 bridgehead atoms. The molecule has 0 spiro atoms. The zero-order valence-electron chi connectivity index (χ0n) is 15.8. The molecule has 3 aromatic heterocycles. The van der Waals surface area contributed by atoms with Crippen molar-refractivity contribution in [2.75, 3.05) is 0 Å². The van der Waals surface area contributed by atoms with E-state index in [0.29, 0.717) is 5.69 Å². The summed E-state index contributed by atoms with van der Waals surface area (Å²) in [6.07, 6.45) is 6.18. The van der Waals surface area contributed by atoms with Crippen molar-refractivity contribution < 1.29 is 18.3 Å². The number of halogens is 3. The van der Waals surface area contributed by atoms with Gasteiger partial charge in [-0.05, 0) is 59.8 Å². The van der Waals surface area contributed by atoms with Crippen LogP contribution < -0.4 is 5.69 Å². The van der Waals surface area contributed by atoms with Crippen molar-refractivity contribution in [1.82, 2.24) is 19.1 Å². The molecule has 1 aromatic carbocycles. The van der Waals surface area contributed by atoms with Gasteiger partial charge in [-0.1, -0.05) is 6.07 Å². The van der Waals surface area contributed by atoms with Crippen LogP contribution in [0, 0.1) is 0 Å². The molecule has 0 aliphatic heterocycles. The number of benzene rings is 1. The first-order valence-corrected chi connectivity index (χ1v) is 9.85. The number of hydrogen-bond acceptors (Lipinski definition) is 5. The van der Waals surface area contributed by atoms with Crippen molar-refractivity contribution in [3.8, 4) is 22.8 Å². The average Bonchev–Trinajstić information content (AvgIpc) is 3.02. The van der Waals surface area contributed by atoms with Crippen molar-refractivity contribution in [3.05, 3.63) is 89.4 Å². The molecule has 0 fully saturated rings. The van der Waals surface area contributed by atoms with E-state index in [1.54, 1.807) is 30.7 Å². The number of imidazole rings is 1. The highest BCUT2D eigenvalue weighted by atomic mass is 32.2. The topological polar surface area (TPSA) is 72.9 Å². The van der Waals surface area contributed by atoms with E-state index in [2.05, 4.69) is 9.97 Å². The molecule has 0 atom stereocenters. The van der Waals surface area contributed by atoms with E-state index in [1.807, 2.05) is 12.1 Å². The van der Waals surface area contributed by atoms with Crippen LogP contribution in [0.1, 0.15) is 5.56 Å². The molecule has 0 saturated carbocycles. The number of alkyl halides is 3. The minimum absolute atomic E-state index is 0.0139. The Bertz CT molecular complexity index is 1250. The van der Waals surface area contributed by atoms with Crippen molar-refractivity contribution in [3.63, 3.8) is 0 Å². The van der Waals surface area contributed by atoms with Crippen LogP contribution in [0.3, 0.4) is 0 Å². The SMILES string of the molecule is O=c1n(Cc2ccncc2-c2ccccn2)cc(O)n1-c1ccc(SC(F)(F)F)cc1. The molecule has 0 aliphatic carbocycles. The van der Waals surface area contributed by atoms with Crippen LogP contribution in [0.4, 0.5) is 13.2 Å². The van der Waals surface area contributed by atoms with Crippen LogP contribution in [0.25, 0.3) is 16.9 Å². The van der Waals surface area contributed by atoms with E-state index in [9.17, 15) is 23.1 Å². The van der Waals surface area contributed by atoms with Crippen LogP contribution in [0.5, 0.6) is 5.88 Å². The third-order valence-electron chi connectivity index (χ3n) is 4.46. The van der Waals surface area contributed by atoms with Gasteiger partial charge in [-0.3, -0.25) is 14.5 Å². The van der Waals surface area contributed by atoms with Gasteiger partial charge in [0, 0.05) is 29.0 Å². The Morgan fingerprint density at radius 1 is 1.03 bits per heavy atom. The second-order valence-corrected chi connectivity index (χ2v) is 7.66. The molecule has 1 N–H and O–H groups in total. The van der Waals surface area contributed by atoms with Crippen molar-refractivity contribution in [1.29, 1.82) is 0 Å². The molecular formula is C21H15F3N4O2S. The molecule has 158 valence electrons. The predicted octanol–water partition coefficient (Wildman–Crippen LogP) is 4.46. The quantitative estimate of drug-likeness (QED) is 0.460. The summed E-state index contributed by atoms with van der Waals surface area (Å²) in [7, 11) is 0. The number of rotatable bonds is 5.